The molecule has 114 valence electrons. The number of piperidine rings is 1. The maximum Gasteiger partial charge on any atom is 0.139 e. The SMILES string of the molecule is C=N/C=C(\C=N)c1c[nH]c2ncc(C)c(N3CCCCC3)c12. The van der Waals surface area contributed by atoms with Gasteiger partial charge in [-0.1, -0.05) is 0 Å². The zero-order valence-corrected chi connectivity index (χ0v) is 12.9. The van der Waals surface area contributed by atoms with Crippen molar-refractivity contribution < 1.29 is 0 Å². The van der Waals surface area contributed by atoms with Gasteiger partial charge in [0.2, 0.25) is 0 Å². The van der Waals surface area contributed by atoms with Crippen LogP contribution in [0.25, 0.3) is 16.6 Å². The van der Waals surface area contributed by atoms with E-state index >= 15 is 0 Å². The summed E-state index contributed by atoms with van der Waals surface area (Å²) in [4.78, 5) is 14.0. The van der Waals surface area contributed by atoms with Crippen LogP contribution < -0.4 is 4.90 Å². The Kier molecular flexibility index (Phi) is 4.04. The van der Waals surface area contributed by atoms with E-state index in [0.717, 1.165) is 35.3 Å². The highest BCUT2D eigenvalue weighted by atomic mass is 15.1. The van der Waals surface area contributed by atoms with E-state index < -0.39 is 0 Å². The number of aliphatic imine (C=N–C) groups is 1. The number of hydrogen-bond acceptors (Lipinski definition) is 4. The maximum atomic E-state index is 7.65. The summed E-state index contributed by atoms with van der Waals surface area (Å²) in [5, 5.41) is 8.74. The highest BCUT2D eigenvalue weighted by Gasteiger charge is 2.20. The molecule has 0 bridgehead atoms. The molecule has 1 aliphatic rings. The van der Waals surface area contributed by atoms with Crippen LogP contribution in [0.15, 0.2) is 23.6 Å². The molecule has 3 rings (SSSR count). The van der Waals surface area contributed by atoms with E-state index in [1.165, 1.54) is 36.7 Å². The summed E-state index contributed by atoms with van der Waals surface area (Å²) >= 11 is 0. The molecule has 22 heavy (non-hydrogen) atoms. The number of nitrogens with zero attached hydrogens (tertiary/aromatic N) is 3. The molecule has 0 spiro atoms. The second-order valence-corrected chi connectivity index (χ2v) is 5.67. The number of pyridine rings is 1. The lowest BCUT2D eigenvalue weighted by Crippen LogP contribution is -2.30. The van der Waals surface area contributed by atoms with Crippen LogP contribution in [0.3, 0.4) is 0 Å². The quantitative estimate of drug-likeness (QED) is 0.847. The fourth-order valence-corrected chi connectivity index (χ4v) is 3.21. The van der Waals surface area contributed by atoms with Crippen molar-refractivity contribution in [2.75, 3.05) is 18.0 Å². The molecule has 0 atom stereocenters. The van der Waals surface area contributed by atoms with Crippen molar-refractivity contribution in [3.05, 3.63) is 29.7 Å². The summed E-state index contributed by atoms with van der Waals surface area (Å²) in [5.41, 5.74) is 4.97. The van der Waals surface area contributed by atoms with E-state index in [0.29, 0.717) is 0 Å². The Morgan fingerprint density at radius 2 is 2.18 bits per heavy atom. The molecule has 2 aromatic rings. The highest BCUT2D eigenvalue weighted by Crippen LogP contribution is 2.35. The number of aromatic amines is 1. The van der Waals surface area contributed by atoms with Crippen molar-refractivity contribution in [1.29, 1.82) is 5.41 Å². The predicted molar refractivity (Wildman–Crippen MR) is 93.2 cm³/mol. The van der Waals surface area contributed by atoms with Crippen LogP contribution in [0.5, 0.6) is 0 Å². The van der Waals surface area contributed by atoms with Gasteiger partial charge in [0.1, 0.15) is 5.65 Å². The Labute approximate surface area is 130 Å². The van der Waals surface area contributed by atoms with Gasteiger partial charge in [-0.25, -0.2) is 4.98 Å². The van der Waals surface area contributed by atoms with Gasteiger partial charge in [-0.3, -0.25) is 4.99 Å². The Balaban J connectivity index is 2.23. The average Bonchev–Trinajstić information content (AvgIpc) is 2.97. The Morgan fingerprint density at radius 1 is 1.41 bits per heavy atom. The molecular formula is C17H21N5. The minimum absolute atomic E-state index is 0.743. The van der Waals surface area contributed by atoms with E-state index in [-0.39, 0.29) is 0 Å². The third-order valence-electron chi connectivity index (χ3n) is 4.23. The predicted octanol–water partition coefficient (Wildman–Crippen LogP) is 3.55. The zero-order chi connectivity index (χ0) is 15.5. The van der Waals surface area contributed by atoms with Crippen LogP contribution in [-0.2, 0) is 0 Å². The van der Waals surface area contributed by atoms with Crippen molar-refractivity contribution in [3.8, 4) is 0 Å². The lowest BCUT2D eigenvalue weighted by atomic mass is 10.0. The minimum Gasteiger partial charge on any atom is -0.371 e. The molecule has 1 fully saturated rings. The number of H-pyrrole nitrogens is 1. The molecule has 0 saturated carbocycles. The number of hydrogen-bond donors (Lipinski definition) is 2. The molecule has 1 saturated heterocycles. The van der Waals surface area contributed by atoms with Crippen LogP contribution in [0, 0.1) is 12.3 Å². The molecular weight excluding hydrogens is 274 g/mol. The van der Waals surface area contributed by atoms with Gasteiger partial charge in [-0.05, 0) is 38.5 Å². The first-order valence-corrected chi connectivity index (χ1v) is 7.64. The van der Waals surface area contributed by atoms with Gasteiger partial charge in [0.25, 0.3) is 0 Å². The second-order valence-electron chi connectivity index (χ2n) is 5.67. The van der Waals surface area contributed by atoms with Gasteiger partial charge in [0.05, 0.1) is 11.1 Å². The minimum atomic E-state index is 0.743. The highest BCUT2D eigenvalue weighted by molar-refractivity contribution is 6.15. The van der Waals surface area contributed by atoms with E-state index in [1.54, 1.807) is 6.20 Å². The number of anilines is 1. The van der Waals surface area contributed by atoms with E-state index in [2.05, 4.69) is 33.5 Å². The summed E-state index contributed by atoms with van der Waals surface area (Å²) in [7, 11) is 0. The largest absolute Gasteiger partial charge is 0.371 e. The molecule has 0 unspecified atom stereocenters. The molecule has 0 radical (unpaired) electrons. The summed E-state index contributed by atoms with van der Waals surface area (Å²) < 4.78 is 0. The number of aromatic nitrogens is 2. The van der Waals surface area contributed by atoms with Crippen molar-refractivity contribution in [2.45, 2.75) is 26.2 Å². The average molecular weight is 295 g/mol. The Hall–Kier alpha value is -2.43. The normalized spacial score (nSPS) is 16.0. The molecule has 2 aromatic heterocycles. The monoisotopic (exact) mass is 295 g/mol. The van der Waals surface area contributed by atoms with Crippen molar-refractivity contribution in [2.24, 2.45) is 4.99 Å². The van der Waals surface area contributed by atoms with Gasteiger partial charge in [0, 0.05) is 49.0 Å². The molecule has 1 aliphatic heterocycles. The topological polar surface area (TPSA) is 68.1 Å². The van der Waals surface area contributed by atoms with Gasteiger partial charge in [0.15, 0.2) is 0 Å². The molecule has 5 heteroatoms. The molecule has 0 amide bonds. The van der Waals surface area contributed by atoms with Gasteiger partial charge in [-0.15, -0.1) is 0 Å². The third-order valence-corrected chi connectivity index (χ3v) is 4.23. The van der Waals surface area contributed by atoms with Crippen molar-refractivity contribution in [1.82, 2.24) is 9.97 Å². The summed E-state index contributed by atoms with van der Waals surface area (Å²) in [6, 6.07) is 0. The summed E-state index contributed by atoms with van der Waals surface area (Å²) in [5.74, 6) is 0. The van der Waals surface area contributed by atoms with Crippen LogP contribution in [-0.4, -0.2) is 36.0 Å². The number of fused-ring (bicyclic) bond motifs is 1. The first-order chi connectivity index (χ1) is 10.8. The standard InChI is InChI=1S/C17H21N5/c1-12-9-20-17-15(16(12)22-6-4-3-5-7-22)14(11-21-17)13(8-18)10-19-2/h8-11,18H,2-7H2,1H3,(H,20,21)/b13-10+,18-8?. The number of rotatable bonds is 4. The van der Waals surface area contributed by atoms with Crippen LogP contribution >= 0.6 is 0 Å². The van der Waals surface area contributed by atoms with Crippen LogP contribution in [0.2, 0.25) is 0 Å². The smallest absolute Gasteiger partial charge is 0.139 e. The first-order valence-electron chi connectivity index (χ1n) is 7.64. The Morgan fingerprint density at radius 3 is 2.86 bits per heavy atom. The third kappa shape index (κ3) is 2.43. The van der Waals surface area contributed by atoms with Gasteiger partial charge < -0.3 is 15.3 Å². The molecule has 0 aromatic carbocycles. The lowest BCUT2D eigenvalue weighted by molar-refractivity contribution is 0.578. The molecule has 5 nitrogen and oxygen atoms in total. The summed E-state index contributed by atoms with van der Waals surface area (Å²) in [6.07, 6.45) is 10.5. The second kappa shape index (κ2) is 6.13. The fraction of sp³-hybridized carbons (Fsp3) is 0.353. The van der Waals surface area contributed by atoms with Crippen LogP contribution in [0.1, 0.15) is 30.4 Å². The molecule has 0 aliphatic carbocycles. The number of allylic oxidation sites excluding steroid dienone is 1. The maximum absolute atomic E-state index is 7.65. The fourth-order valence-electron chi connectivity index (χ4n) is 3.21. The van der Waals surface area contributed by atoms with E-state index in [4.69, 9.17) is 5.41 Å². The van der Waals surface area contributed by atoms with Crippen molar-refractivity contribution >= 4 is 35.2 Å². The van der Waals surface area contributed by atoms with Crippen molar-refractivity contribution in [3.63, 3.8) is 0 Å². The summed E-state index contributed by atoms with van der Waals surface area (Å²) in [6.45, 7) is 7.76. The zero-order valence-electron chi connectivity index (χ0n) is 12.9. The number of nitrogens with one attached hydrogen (secondary N) is 2. The first kappa shape index (κ1) is 14.5. The number of aryl methyl sites for hydroxylation is 1. The van der Waals surface area contributed by atoms with Crippen LogP contribution in [0.4, 0.5) is 5.69 Å². The molecule has 2 N–H and O–H groups in total. The lowest BCUT2D eigenvalue weighted by Gasteiger charge is -2.31. The van der Waals surface area contributed by atoms with Gasteiger partial charge >= 0.3 is 0 Å². The van der Waals surface area contributed by atoms with E-state index in [9.17, 15) is 0 Å². The van der Waals surface area contributed by atoms with Gasteiger partial charge in [-0.2, -0.15) is 0 Å². The molecule has 3 heterocycles. The van der Waals surface area contributed by atoms with E-state index in [1.807, 2.05) is 12.4 Å². The Bertz CT molecular complexity index is 735.